The molecule has 0 aliphatic heterocycles. The first-order valence-electron chi connectivity index (χ1n) is 9.48. The molecule has 2 N–H and O–H groups in total. The molecule has 1 aromatic heterocycles. The van der Waals surface area contributed by atoms with Gasteiger partial charge in [0.25, 0.3) is 0 Å². The number of hydrogen-bond acceptors (Lipinski definition) is 3. The van der Waals surface area contributed by atoms with E-state index in [4.69, 9.17) is 0 Å². The first-order valence-corrected chi connectivity index (χ1v) is 9.48. The van der Waals surface area contributed by atoms with E-state index in [0.717, 1.165) is 27.7 Å². The number of carbonyl (C=O) groups is 2. The summed E-state index contributed by atoms with van der Waals surface area (Å²) < 4.78 is 1.90. The average Bonchev–Trinajstić information content (AvgIpc) is 3.06. The molecule has 3 aromatic rings. The first-order chi connectivity index (χ1) is 13.4. The van der Waals surface area contributed by atoms with Gasteiger partial charge in [-0.1, -0.05) is 50.2 Å². The van der Waals surface area contributed by atoms with E-state index >= 15 is 0 Å². The van der Waals surface area contributed by atoms with Gasteiger partial charge in [-0.25, -0.2) is 4.68 Å². The highest BCUT2D eigenvalue weighted by molar-refractivity contribution is 5.90. The second-order valence-corrected chi connectivity index (χ2v) is 7.26. The van der Waals surface area contributed by atoms with Crippen LogP contribution >= 0.6 is 0 Å². The average molecular weight is 378 g/mol. The van der Waals surface area contributed by atoms with Crippen LogP contribution in [0.15, 0.2) is 48.7 Å². The molecule has 0 aliphatic carbocycles. The summed E-state index contributed by atoms with van der Waals surface area (Å²) in [6, 6.07) is 14.1. The highest BCUT2D eigenvalue weighted by Gasteiger charge is 2.18. The Bertz CT molecular complexity index is 1000. The molecule has 0 unspecified atom stereocenters. The highest BCUT2D eigenvalue weighted by Crippen LogP contribution is 2.25. The third-order valence-electron chi connectivity index (χ3n) is 4.83. The molecule has 6 nitrogen and oxygen atoms in total. The normalized spacial score (nSPS) is 12.2. The van der Waals surface area contributed by atoms with E-state index < -0.39 is 0 Å². The van der Waals surface area contributed by atoms with Crippen molar-refractivity contribution in [3.8, 4) is 5.69 Å². The maximum Gasteiger partial charge on any atom is 0.239 e. The number of aromatic nitrogens is 2. The van der Waals surface area contributed by atoms with Gasteiger partial charge in [0, 0.05) is 22.6 Å². The van der Waals surface area contributed by atoms with Gasteiger partial charge in [-0.05, 0) is 25.3 Å². The van der Waals surface area contributed by atoms with Crippen LogP contribution < -0.4 is 10.6 Å². The van der Waals surface area contributed by atoms with Gasteiger partial charge >= 0.3 is 0 Å². The monoisotopic (exact) mass is 378 g/mol. The minimum atomic E-state index is -0.223. The molecule has 3 rings (SSSR count). The maximum absolute atomic E-state index is 12.2. The van der Waals surface area contributed by atoms with Gasteiger partial charge in [0.15, 0.2) is 0 Å². The Balaban J connectivity index is 1.77. The molecule has 0 spiro atoms. The molecule has 0 saturated carbocycles. The van der Waals surface area contributed by atoms with Gasteiger partial charge < -0.3 is 10.6 Å². The number of hydrogen-bond donors (Lipinski definition) is 2. The van der Waals surface area contributed by atoms with Crippen molar-refractivity contribution in [1.29, 1.82) is 0 Å². The lowest BCUT2D eigenvalue weighted by molar-refractivity contribution is -0.128. The van der Waals surface area contributed by atoms with E-state index in [1.54, 1.807) is 20.0 Å². The smallest absolute Gasteiger partial charge is 0.239 e. The lowest BCUT2D eigenvalue weighted by Crippen LogP contribution is -2.39. The topological polar surface area (TPSA) is 76.0 Å². The highest BCUT2D eigenvalue weighted by atomic mass is 16.2. The maximum atomic E-state index is 12.2. The summed E-state index contributed by atoms with van der Waals surface area (Å²) in [6.07, 6.45) is 1.79. The molecule has 2 amide bonds. The Morgan fingerprint density at radius 1 is 1.07 bits per heavy atom. The Morgan fingerprint density at radius 2 is 1.79 bits per heavy atom. The number of nitrogens with zero attached hydrogens (tertiary/aromatic N) is 2. The number of nitrogens with one attached hydrogen (secondary N) is 2. The minimum absolute atomic E-state index is 0.0299. The molecule has 0 saturated heterocycles. The summed E-state index contributed by atoms with van der Waals surface area (Å²) in [4.78, 5) is 23.8. The van der Waals surface area contributed by atoms with Crippen molar-refractivity contribution in [3.63, 3.8) is 0 Å². The summed E-state index contributed by atoms with van der Waals surface area (Å²) in [7, 11) is 0. The zero-order chi connectivity index (χ0) is 20.3. The van der Waals surface area contributed by atoms with Crippen LogP contribution in [0.5, 0.6) is 0 Å². The van der Waals surface area contributed by atoms with Crippen LogP contribution in [0, 0.1) is 12.8 Å². The molecule has 2 aromatic carbocycles. The number of carbonyl (C=O) groups excluding carboxylic acids is 2. The SMILES string of the molecule is Cc1c([C@H](C)NC(=O)CNC(=O)C(C)C)cnn1-c1cccc2ccccc12. The van der Waals surface area contributed by atoms with Crippen LogP contribution in [0.2, 0.25) is 0 Å². The minimum Gasteiger partial charge on any atom is -0.348 e. The third-order valence-corrected chi connectivity index (χ3v) is 4.83. The lowest BCUT2D eigenvalue weighted by atomic mass is 10.1. The molecule has 6 heteroatoms. The third kappa shape index (κ3) is 4.06. The molecule has 0 radical (unpaired) electrons. The molecule has 0 aliphatic rings. The molecule has 1 heterocycles. The number of fused-ring (bicyclic) bond motifs is 1. The molecule has 28 heavy (non-hydrogen) atoms. The fraction of sp³-hybridized carbons (Fsp3) is 0.318. The molecule has 0 bridgehead atoms. The lowest BCUT2D eigenvalue weighted by Gasteiger charge is -2.15. The van der Waals surface area contributed by atoms with Gasteiger partial charge in [0.2, 0.25) is 11.8 Å². The van der Waals surface area contributed by atoms with Crippen molar-refractivity contribution in [2.24, 2.45) is 5.92 Å². The van der Waals surface area contributed by atoms with Crippen LogP contribution in [0.25, 0.3) is 16.5 Å². The summed E-state index contributed by atoms with van der Waals surface area (Å²) in [5.41, 5.74) is 2.91. The van der Waals surface area contributed by atoms with Crippen molar-refractivity contribution in [2.75, 3.05) is 6.54 Å². The molecule has 0 fully saturated rings. The fourth-order valence-electron chi connectivity index (χ4n) is 3.23. The second-order valence-electron chi connectivity index (χ2n) is 7.26. The number of amides is 2. The molecule has 1 atom stereocenters. The van der Waals surface area contributed by atoms with Crippen molar-refractivity contribution in [1.82, 2.24) is 20.4 Å². The van der Waals surface area contributed by atoms with Gasteiger partial charge in [0.05, 0.1) is 24.5 Å². The van der Waals surface area contributed by atoms with Crippen LogP contribution in [-0.2, 0) is 9.59 Å². The van der Waals surface area contributed by atoms with E-state index in [1.807, 2.05) is 42.8 Å². The van der Waals surface area contributed by atoms with E-state index in [0.29, 0.717) is 0 Å². The van der Waals surface area contributed by atoms with Crippen LogP contribution in [-0.4, -0.2) is 28.1 Å². The predicted octanol–water partition coefficient (Wildman–Crippen LogP) is 3.28. The van der Waals surface area contributed by atoms with Crippen LogP contribution in [0.4, 0.5) is 0 Å². The zero-order valence-corrected chi connectivity index (χ0v) is 16.7. The largest absolute Gasteiger partial charge is 0.348 e. The Kier molecular flexibility index (Phi) is 5.78. The molecule has 146 valence electrons. The van der Waals surface area contributed by atoms with Crippen molar-refractivity contribution in [3.05, 3.63) is 59.9 Å². The standard InChI is InChI=1S/C22H26N4O2/c1-14(2)22(28)23-13-21(27)25-15(3)19-12-24-26(16(19)4)20-11-7-9-17-8-5-6-10-18(17)20/h5-12,14-15H,13H2,1-4H3,(H,23,28)(H,25,27)/t15-/m0/s1. The van der Waals surface area contributed by atoms with E-state index in [9.17, 15) is 9.59 Å². The predicted molar refractivity (Wildman–Crippen MR) is 110 cm³/mol. The number of benzene rings is 2. The first kappa shape index (κ1) is 19.6. The fourth-order valence-corrected chi connectivity index (χ4v) is 3.23. The summed E-state index contributed by atoms with van der Waals surface area (Å²) >= 11 is 0. The van der Waals surface area contributed by atoms with Crippen molar-refractivity contribution < 1.29 is 9.59 Å². The second kappa shape index (κ2) is 8.25. The quantitative estimate of drug-likeness (QED) is 0.691. The van der Waals surface area contributed by atoms with Crippen molar-refractivity contribution in [2.45, 2.75) is 33.7 Å². The Morgan fingerprint density at radius 3 is 2.54 bits per heavy atom. The molecular formula is C22H26N4O2. The van der Waals surface area contributed by atoms with E-state index in [2.05, 4.69) is 33.9 Å². The van der Waals surface area contributed by atoms with Gasteiger partial charge in [0.1, 0.15) is 0 Å². The number of rotatable bonds is 6. The van der Waals surface area contributed by atoms with Gasteiger partial charge in [-0.3, -0.25) is 9.59 Å². The van der Waals surface area contributed by atoms with Gasteiger partial charge in [-0.15, -0.1) is 0 Å². The summed E-state index contributed by atoms with van der Waals surface area (Å²) in [5, 5.41) is 12.4. The van der Waals surface area contributed by atoms with Crippen molar-refractivity contribution >= 4 is 22.6 Å². The zero-order valence-electron chi connectivity index (χ0n) is 16.7. The van der Waals surface area contributed by atoms with E-state index in [-0.39, 0.29) is 30.3 Å². The van der Waals surface area contributed by atoms with Gasteiger partial charge in [-0.2, -0.15) is 5.10 Å². The van der Waals surface area contributed by atoms with Crippen LogP contribution in [0.1, 0.15) is 38.1 Å². The van der Waals surface area contributed by atoms with E-state index in [1.165, 1.54) is 0 Å². The molecular weight excluding hydrogens is 352 g/mol. The Labute approximate surface area is 164 Å². The summed E-state index contributed by atoms with van der Waals surface area (Å²) in [6.45, 7) is 7.46. The van der Waals surface area contributed by atoms with Crippen LogP contribution in [0.3, 0.4) is 0 Å². The Hall–Kier alpha value is -3.15. The summed E-state index contributed by atoms with van der Waals surface area (Å²) in [5.74, 6) is -0.507.